The van der Waals surface area contributed by atoms with Crippen LogP contribution in [0.15, 0.2) is 36.7 Å². The Morgan fingerprint density at radius 1 is 1.32 bits per heavy atom. The third kappa shape index (κ3) is 3.51. The maximum atomic E-state index is 13.5. The first-order chi connectivity index (χ1) is 11.9. The highest BCUT2D eigenvalue weighted by molar-refractivity contribution is 6.31. The molecule has 0 aliphatic heterocycles. The highest BCUT2D eigenvalue weighted by Gasteiger charge is 2.14. The highest BCUT2D eigenvalue weighted by atomic mass is 35.5. The molecule has 4 nitrogen and oxygen atoms in total. The molecule has 1 amide bonds. The van der Waals surface area contributed by atoms with Crippen molar-refractivity contribution in [2.24, 2.45) is 0 Å². The summed E-state index contributed by atoms with van der Waals surface area (Å²) in [7, 11) is 3.47. The third-order valence-electron chi connectivity index (χ3n) is 4.31. The van der Waals surface area contributed by atoms with Crippen LogP contribution in [0.25, 0.3) is 10.9 Å². The van der Waals surface area contributed by atoms with E-state index in [4.69, 9.17) is 11.6 Å². The topological polar surface area (TPSA) is 38.1 Å². The monoisotopic (exact) mass is 359 g/mol. The molecule has 0 saturated carbocycles. The molecular formula is C19H19ClFN3O. The number of halogens is 2. The fourth-order valence-electron chi connectivity index (χ4n) is 2.87. The van der Waals surface area contributed by atoms with Gasteiger partial charge in [0.2, 0.25) is 5.91 Å². The molecule has 1 aromatic carbocycles. The predicted molar refractivity (Wildman–Crippen MR) is 97.4 cm³/mol. The fourth-order valence-corrected chi connectivity index (χ4v) is 3.19. The van der Waals surface area contributed by atoms with E-state index in [0.29, 0.717) is 11.4 Å². The zero-order valence-electron chi connectivity index (χ0n) is 14.4. The lowest BCUT2D eigenvalue weighted by Gasteiger charge is -2.12. The lowest BCUT2D eigenvalue weighted by molar-refractivity contribution is -0.129. The van der Waals surface area contributed by atoms with E-state index in [-0.39, 0.29) is 18.3 Å². The van der Waals surface area contributed by atoms with Gasteiger partial charge in [-0.25, -0.2) is 4.39 Å². The molecule has 2 heterocycles. The van der Waals surface area contributed by atoms with Crippen LogP contribution in [0.4, 0.5) is 4.39 Å². The Balaban J connectivity index is 1.99. The molecule has 25 heavy (non-hydrogen) atoms. The van der Waals surface area contributed by atoms with Gasteiger partial charge in [-0.05, 0) is 42.3 Å². The second kappa shape index (κ2) is 6.84. The number of rotatable bonds is 4. The molecule has 0 unspecified atom stereocenters. The summed E-state index contributed by atoms with van der Waals surface area (Å²) in [6.07, 6.45) is 4.12. The van der Waals surface area contributed by atoms with Crippen LogP contribution in [0.1, 0.15) is 16.8 Å². The van der Waals surface area contributed by atoms with Crippen molar-refractivity contribution in [3.05, 3.63) is 64.3 Å². The van der Waals surface area contributed by atoms with Gasteiger partial charge in [0.15, 0.2) is 0 Å². The van der Waals surface area contributed by atoms with E-state index in [9.17, 15) is 9.18 Å². The van der Waals surface area contributed by atoms with Gasteiger partial charge in [0.05, 0.1) is 11.2 Å². The van der Waals surface area contributed by atoms with Crippen LogP contribution in [-0.4, -0.2) is 34.5 Å². The smallest absolute Gasteiger partial charge is 0.241 e. The first-order valence-corrected chi connectivity index (χ1v) is 8.32. The van der Waals surface area contributed by atoms with Crippen molar-refractivity contribution in [3.8, 4) is 0 Å². The summed E-state index contributed by atoms with van der Waals surface area (Å²) < 4.78 is 15.4. The number of carbonyl (C=O) groups is 1. The number of pyridine rings is 1. The molecule has 0 radical (unpaired) electrons. The number of hydrogen-bond acceptors (Lipinski definition) is 2. The van der Waals surface area contributed by atoms with Crippen LogP contribution < -0.4 is 0 Å². The van der Waals surface area contributed by atoms with E-state index in [1.165, 1.54) is 12.1 Å². The Kier molecular flexibility index (Phi) is 4.77. The molecule has 2 aromatic heterocycles. The highest BCUT2D eigenvalue weighted by Crippen LogP contribution is 2.27. The molecule has 0 N–H and O–H groups in total. The van der Waals surface area contributed by atoms with Gasteiger partial charge in [-0.2, -0.15) is 0 Å². The summed E-state index contributed by atoms with van der Waals surface area (Å²) >= 11 is 6.22. The van der Waals surface area contributed by atoms with Crippen molar-refractivity contribution < 1.29 is 9.18 Å². The van der Waals surface area contributed by atoms with Gasteiger partial charge in [0.1, 0.15) is 12.4 Å². The quantitative estimate of drug-likeness (QED) is 0.710. The molecule has 0 bridgehead atoms. The maximum Gasteiger partial charge on any atom is 0.241 e. The van der Waals surface area contributed by atoms with E-state index < -0.39 is 0 Å². The summed E-state index contributed by atoms with van der Waals surface area (Å²) in [6.45, 7) is 2.11. The van der Waals surface area contributed by atoms with Crippen LogP contribution in [0.3, 0.4) is 0 Å². The van der Waals surface area contributed by atoms with E-state index in [2.05, 4.69) is 4.98 Å². The minimum atomic E-state index is -0.342. The molecule has 0 fully saturated rings. The Morgan fingerprint density at radius 3 is 2.76 bits per heavy atom. The predicted octanol–water partition coefficient (Wildman–Crippen LogP) is 3.82. The first kappa shape index (κ1) is 17.4. The summed E-state index contributed by atoms with van der Waals surface area (Å²) in [5.41, 5.74) is 3.45. The average molecular weight is 360 g/mol. The Bertz CT molecular complexity index is 926. The van der Waals surface area contributed by atoms with Crippen molar-refractivity contribution in [2.45, 2.75) is 19.9 Å². The Morgan fingerprint density at radius 2 is 2.08 bits per heavy atom. The SMILES string of the molecule is Cc1cc(F)cc(Cl)c1Cc1nccc2c1ccn2CC(=O)N(C)C. The second-order valence-corrected chi connectivity index (χ2v) is 6.69. The van der Waals surface area contributed by atoms with E-state index in [1.807, 2.05) is 29.8 Å². The van der Waals surface area contributed by atoms with Gasteiger partial charge in [0.25, 0.3) is 0 Å². The molecule has 0 saturated heterocycles. The average Bonchev–Trinajstić information content (AvgIpc) is 2.94. The lowest BCUT2D eigenvalue weighted by atomic mass is 10.0. The molecule has 0 atom stereocenters. The number of hydrogen-bond donors (Lipinski definition) is 0. The number of amides is 1. The Hall–Kier alpha value is -2.40. The molecule has 6 heteroatoms. The van der Waals surface area contributed by atoms with Crippen LogP contribution in [-0.2, 0) is 17.8 Å². The molecule has 3 rings (SSSR count). The Labute approximate surface area is 150 Å². The van der Waals surface area contributed by atoms with Crippen LogP contribution >= 0.6 is 11.6 Å². The van der Waals surface area contributed by atoms with E-state index >= 15 is 0 Å². The van der Waals surface area contributed by atoms with Gasteiger partial charge in [-0.3, -0.25) is 9.78 Å². The minimum Gasteiger partial charge on any atom is -0.347 e. The number of aromatic nitrogens is 2. The summed E-state index contributed by atoms with van der Waals surface area (Å²) in [4.78, 5) is 18.0. The molecular weight excluding hydrogens is 341 g/mol. The molecule has 0 aliphatic rings. The van der Waals surface area contributed by atoms with E-state index in [1.54, 1.807) is 25.2 Å². The number of benzene rings is 1. The van der Waals surface area contributed by atoms with Crippen molar-refractivity contribution in [1.29, 1.82) is 0 Å². The zero-order valence-corrected chi connectivity index (χ0v) is 15.1. The second-order valence-electron chi connectivity index (χ2n) is 6.28. The largest absolute Gasteiger partial charge is 0.347 e. The first-order valence-electron chi connectivity index (χ1n) is 7.94. The van der Waals surface area contributed by atoms with Gasteiger partial charge >= 0.3 is 0 Å². The normalized spacial score (nSPS) is 11.1. The number of carbonyl (C=O) groups excluding carboxylic acids is 1. The standard InChI is InChI=1S/C19H19ClFN3O/c1-12-8-13(21)9-16(20)15(12)10-17-14-5-7-24(11-19(25)23(2)3)18(14)4-6-22-17/h4-9H,10-11H2,1-3H3. The van der Waals surface area contributed by atoms with Gasteiger partial charge in [-0.15, -0.1) is 0 Å². The van der Waals surface area contributed by atoms with Crippen molar-refractivity contribution in [3.63, 3.8) is 0 Å². The minimum absolute atomic E-state index is 0.0216. The van der Waals surface area contributed by atoms with Crippen molar-refractivity contribution in [2.75, 3.05) is 14.1 Å². The van der Waals surface area contributed by atoms with Crippen LogP contribution in [0.5, 0.6) is 0 Å². The molecule has 130 valence electrons. The van der Waals surface area contributed by atoms with Crippen molar-refractivity contribution >= 4 is 28.4 Å². The number of nitrogens with zero attached hydrogens (tertiary/aromatic N) is 3. The summed E-state index contributed by atoms with van der Waals surface area (Å²) in [5.74, 6) is -0.320. The maximum absolute atomic E-state index is 13.5. The lowest BCUT2D eigenvalue weighted by Crippen LogP contribution is -2.25. The van der Waals surface area contributed by atoms with Crippen LogP contribution in [0.2, 0.25) is 5.02 Å². The van der Waals surface area contributed by atoms with Crippen molar-refractivity contribution in [1.82, 2.24) is 14.5 Å². The van der Waals surface area contributed by atoms with Crippen LogP contribution in [0, 0.1) is 12.7 Å². The van der Waals surface area contributed by atoms with Gasteiger partial charge in [0, 0.05) is 43.3 Å². The van der Waals surface area contributed by atoms with Gasteiger partial charge < -0.3 is 9.47 Å². The summed E-state index contributed by atoms with van der Waals surface area (Å²) in [5, 5.41) is 1.37. The number of fused-ring (bicyclic) bond motifs is 1. The third-order valence-corrected chi connectivity index (χ3v) is 4.65. The number of likely N-dealkylation sites (N-methyl/N-ethyl adjacent to an activating group) is 1. The fraction of sp³-hybridized carbons (Fsp3) is 0.263. The zero-order chi connectivity index (χ0) is 18.1. The molecule has 0 aliphatic carbocycles. The number of aryl methyl sites for hydroxylation is 1. The van der Waals surface area contributed by atoms with E-state index in [0.717, 1.165) is 27.7 Å². The molecule has 0 spiro atoms. The molecule has 3 aromatic rings. The summed E-state index contributed by atoms with van der Waals surface area (Å²) in [6, 6.07) is 6.64. The van der Waals surface area contributed by atoms with Gasteiger partial charge in [-0.1, -0.05) is 11.6 Å².